The normalized spacial score (nSPS) is 51.0. The average molecular weight is 441 g/mol. The number of fused-ring (bicyclic) bond motifs is 5. The minimum atomic E-state index is -0.548. The van der Waals surface area contributed by atoms with E-state index in [1.807, 2.05) is 0 Å². The van der Waals surface area contributed by atoms with E-state index in [1.54, 1.807) is 7.11 Å². The number of halogens is 1. The standard InChI is InChI=1S/C24H41BrO2/c1-16(14-25)21-5-4-6-22-20-8-7-17-13-24(26,15-27-3)12-10-18(17)19(20)9-11-23(21,22)2/h16-22,26H,4-15H2,1-3H3/t16-,17-,18+,19-,20-,21-,22+,23-,24-/m1/s1. The first-order valence-corrected chi connectivity index (χ1v) is 12.8. The van der Waals surface area contributed by atoms with Crippen molar-refractivity contribution in [3.63, 3.8) is 0 Å². The monoisotopic (exact) mass is 440 g/mol. The summed E-state index contributed by atoms with van der Waals surface area (Å²) in [6.07, 6.45) is 13.2. The van der Waals surface area contributed by atoms with Crippen molar-refractivity contribution in [2.45, 2.75) is 83.7 Å². The van der Waals surface area contributed by atoms with Gasteiger partial charge in [-0.1, -0.05) is 36.2 Å². The van der Waals surface area contributed by atoms with E-state index >= 15 is 0 Å². The van der Waals surface area contributed by atoms with Gasteiger partial charge in [0.2, 0.25) is 0 Å². The Hall–Kier alpha value is 0.400. The molecule has 0 amide bonds. The maximum atomic E-state index is 10.9. The molecule has 0 unspecified atom stereocenters. The SMILES string of the molecule is COC[C@@]1(O)CC[C@H]2[C@H](CC[C@@H]3[C@@H]2CC[C@]2(C)[C@@H]([C@H](C)CBr)CCC[C@@H]32)C1. The molecule has 4 aliphatic carbocycles. The number of hydrogen-bond donors (Lipinski definition) is 1. The number of rotatable bonds is 4. The highest BCUT2D eigenvalue weighted by molar-refractivity contribution is 9.09. The third-order valence-electron chi connectivity index (χ3n) is 9.76. The van der Waals surface area contributed by atoms with Crippen LogP contribution in [0.15, 0.2) is 0 Å². The highest BCUT2D eigenvalue weighted by Gasteiger charge is 2.56. The minimum absolute atomic E-state index is 0.525. The lowest BCUT2D eigenvalue weighted by Crippen LogP contribution is -2.55. The Morgan fingerprint density at radius 1 is 1.04 bits per heavy atom. The molecule has 0 aromatic rings. The summed E-state index contributed by atoms with van der Waals surface area (Å²) < 4.78 is 5.35. The summed E-state index contributed by atoms with van der Waals surface area (Å²) in [4.78, 5) is 0. The Balaban J connectivity index is 1.51. The molecule has 4 rings (SSSR count). The fourth-order valence-electron chi connectivity index (χ4n) is 8.64. The van der Waals surface area contributed by atoms with Crippen molar-refractivity contribution in [3.8, 4) is 0 Å². The first-order valence-electron chi connectivity index (χ1n) is 11.7. The van der Waals surface area contributed by atoms with Crippen LogP contribution in [0.2, 0.25) is 0 Å². The van der Waals surface area contributed by atoms with Crippen LogP contribution in [0.1, 0.15) is 78.1 Å². The first-order chi connectivity index (χ1) is 12.9. The van der Waals surface area contributed by atoms with Gasteiger partial charge in [-0.05, 0) is 105 Å². The zero-order valence-electron chi connectivity index (χ0n) is 17.8. The van der Waals surface area contributed by atoms with Crippen molar-refractivity contribution in [2.75, 3.05) is 19.0 Å². The van der Waals surface area contributed by atoms with E-state index in [4.69, 9.17) is 4.74 Å². The van der Waals surface area contributed by atoms with Crippen LogP contribution in [-0.2, 0) is 4.74 Å². The topological polar surface area (TPSA) is 29.5 Å². The van der Waals surface area contributed by atoms with Crippen LogP contribution in [0.25, 0.3) is 0 Å². The van der Waals surface area contributed by atoms with E-state index in [-0.39, 0.29) is 0 Å². The molecule has 4 aliphatic rings. The van der Waals surface area contributed by atoms with Gasteiger partial charge in [0.15, 0.2) is 0 Å². The molecule has 156 valence electrons. The molecule has 0 aromatic heterocycles. The molecule has 1 N–H and O–H groups in total. The van der Waals surface area contributed by atoms with Crippen LogP contribution in [0.3, 0.4) is 0 Å². The van der Waals surface area contributed by atoms with Crippen molar-refractivity contribution >= 4 is 15.9 Å². The van der Waals surface area contributed by atoms with E-state index in [0.29, 0.717) is 12.0 Å². The summed E-state index contributed by atoms with van der Waals surface area (Å²) in [6, 6.07) is 0. The summed E-state index contributed by atoms with van der Waals surface area (Å²) >= 11 is 3.79. The van der Waals surface area contributed by atoms with E-state index in [0.717, 1.165) is 59.6 Å². The van der Waals surface area contributed by atoms with Crippen LogP contribution >= 0.6 is 15.9 Å². The molecule has 0 saturated heterocycles. The van der Waals surface area contributed by atoms with Gasteiger partial charge >= 0.3 is 0 Å². The van der Waals surface area contributed by atoms with Gasteiger partial charge in [0, 0.05) is 12.4 Å². The van der Waals surface area contributed by atoms with Crippen LogP contribution < -0.4 is 0 Å². The lowest BCUT2D eigenvalue weighted by Gasteiger charge is -2.62. The van der Waals surface area contributed by atoms with E-state index < -0.39 is 5.60 Å². The Labute approximate surface area is 175 Å². The molecule has 0 bridgehead atoms. The maximum absolute atomic E-state index is 10.9. The number of hydrogen-bond acceptors (Lipinski definition) is 2. The van der Waals surface area contributed by atoms with Gasteiger partial charge in [-0.25, -0.2) is 0 Å². The summed E-state index contributed by atoms with van der Waals surface area (Å²) in [6.45, 7) is 5.67. The number of ether oxygens (including phenoxy) is 1. The van der Waals surface area contributed by atoms with Crippen LogP contribution in [0, 0.1) is 46.8 Å². The molecule has 0 aromatic carbocycles. The smallest absolute Gasteiger partial charge is 0.0882 e. The minimum Gasteiger partial charge on any atom is -0.387 e. The van der Waals surface area contributed by atoms with Gasteiger partial charge in [0.25, 0.3) is 0 Å². The largest absolute Gasteiger partial charge is 0.387 e. The predicted octanol–water partition coefficient (Wildman–Crippen LogP) is 6.05. The predicted molar refractivity (Wildman–Crippen MR) is 115 cm³/mol. The second-order valence-electron chi connectivity index (χ2n) is 11.0. The van der Waals surface area contributed by atoms with Gasteiger partial charge in [-0.2, -0.15) is 0 Å². The number of alkyl halides is 1. The summed E-state index contributed by atoms with van der Waals surface area (Å²) in [5.74, 6) is 6.19. The van der Waals surface area contributed by atoms with Gasteiger partial charge in [-0.15, -0.1) is 0 Å². The van der Waals surface area contributed by atoms with E-state index in [9.17, 15) is 5.11 Å². The van der Waals surface area contributed by atoms with Crippen molar-refractivity contribution in [2.24, 2.45) is 46.8 Å². The maximum Gasteiger partial charge on any atom is 0.0882 e. The van der Waals surface area contributed by atoms with E-state index in [1.165, 1.54) is 51.4 Å². The number of methoxy groups -OCH3 is 1. The van der Waals surface area contributed by atoms with Gasteiger partial charge in [0.05, 0.1) is 12.2 Å². The van der Waals surface area contributed by atoms with Crippen LogP contribution in [0.5, 0.6) is 0 Å². The van der Waals surface area contributed by atoms with Crippen molar-refractivity contribution in [3.05, 3.63) is 0 Å². The molecule has 0 aliphatic heterocycles. The molecule has 0 heterocycles. The molecular weight excluding hydrogens is 400 g/mol. The lowest BCUT2D eigenvalue weighted by molar-refractivity contribution is -0.144. The summed E-state index contributed by atoms with van der Waals surface area (Å²) in [5, 5.41) is 12.1. The average Bonchev–Trinajstić information content (AvgIpc) is 2.65. The van der Waals surface area contributed by atoms with Crippen molar-refractivity contribution in [1.82, 2.24) is 0 Å². The second kappa shape index (κ2) is 7.91. The quantitative estimate of drug-likeness (QED) is 0.538. The molecule has 3 heteroatoms. The summed E-state index contributed by atoms with van der Waals surface area (Å²) in [7, 11) is 1.73. The fourth-order valence-corrected chi connectivity index (χ4v) is 9.09. The van der Waals surface area contributed by atoms with Crippen molar-refractivity contribution in [1.29, 1.82) is 0 Å². The second-order valence-corrected chi connectivity index (χ2v) is 11.7. The molecule has 0 spiro atoms. The van der Waals surface area contributed by atoms with Gasteiger partial charge < -0.3 is 9.84 Å². The Bertz CT molecular complexity index is 525. The van der Waals surface area contributed by atoms with Gasteiger partial charge in [0.1, 0.15) is 0 Å². The lowest BCUT2D eigenvalue weighted by atomic mass is 9.44. The highest BCUT2D eigenvalue weighted by Crippen LogP contribution is 2.64. The first kappa shape index (κ1) is 20.7. The third-order valence-corrected chi connectivity index (χ3v) is 10.8. The Kier molecular flexibility index (Phi) is 6.05. The number of aliphatic hydroxyl groups is 1. The fraction of sp³-hybridized carbons (Fsp3) is 1.00. The van der Waals surface area contributed by atoms with Gasteiger partial charge in [-0.3, -0.25) is 0 Å². The molecule has 4 saturated carbocycles. The van der Waals surface area contributed by atoms with Crippen molar-refractivity contribution < 1.29 is 9.84 Å². The van der Waals surface area contributed by atoms with Crippen LogP contribution in [-0.4, -0.2) is 29.8 Å². The molecule has 9 atom stereocenters. The van der Waals surface area contributed by atoms with Crippen LogP contribution in [0.4, 0.5) is 0 Å². The molecule has 2 nitrogen and oxygen atoms in total. The zero-order valence-corrected chi connectivity index (χ0v) is 19.3. The Morgan fingerprint density at radius 2 is 1.81 bits per heavy atom. The molecule has 4 fully saturated rings. The third kappa shape index (κ3) is 3.56. The van der Waals surface area contributed by atoms with E-state index in [2.05, 4.69) is 29.8 Å². The Morgan fingerprint density at radius 3 is 2.56 bits per heavy atom. The summed E-state index contributed by atoms with van der Waals surface area (Å²) in [5.41, 5.74) is 0.0259. The molecular formula is C24H41BrO2. The molecule has 27 heavy (non-hydrogen) atoms. The zero-order chi connectivity index (χ0) is 19.2. The molecule has 0 radical (unpaired) electrons. The highest BCUT2D eigenvalue weighted by atomic mass is 79.9.